The Morgan fingerprint density at radius 1 is 1.25 bits per heavy atom. The fourth-order valence-electron chi connectivity index (χ4n) is 1.39. The molecule has 0 atom stereocenters. The summed E-state index contributed by atoms with van der Waals surface area (Å²) >= 11 is 1.51. The predicted molar refractivity (Wildman–Crippen MR) is 66.2 cm³/mol. The van der Waals surface area contributed by atoms with Gasteiger partial charge in [-0.1, -0.05) is 20.8 Å². The van der Waals surface area contributed by atoms with Gasteiger partial charge in [0, 0.05) is 10.3 Å². The van der Waals surface area contributed by atoms with Crippen LogP contribution < -0.4 is 0 Å². The third kappa shape index (κ3) is 2.26. The van der Waals surface area contributed by atoms with Crippen molar-refractivity contribution in [1.82, 2.24) is 4.98 Å². The highest BCUT2D eigenvalue weighted by atomic mass is 32.1. The smallest absolute Gasteiger partial charge is 0.314 e. The average Bonchev–Trinajstić information content (AvgIpc) is 2.46. The summed E-state index contributed by atoms with van der Waals surface area (Å²) in [6, 6.07) is 0. The molecule has 1 aromatic heterocycles. The highest BCUT2D eigenvalue weighted by Crippen LogP contribution is 2.36. The molecule has 0 aliphatic carbocycles. The van der Waals surface area contributed by atoms with Crippen molar-refractivity contribution in [3.8, 4) is 0 Å². The van der Waals surface area contributed by atoms with Crippen LogP contribution >= 0.6 is 11.3 Å². The van der Waals surface area contributed by atoms with Gasteiger partial charge in [0.15, 0.2) is 0 Å². The maximum absolute atomic E-state index is 11.2. The van der Waals surface area contributed by atoms with Crippen molar-refractivity contribution in [3.63, 3.8) is 0 Å². The molecule has 1 rings (SSSR count). The Morgan fingerprint density at radius 3 is 2.06 bits per heavy atom. The van der Waals surface area contributed by atoms with Gasteiger partial charge in [0.25, 0.3) is 0 Å². The second kappa shape index (κ2) is 3.84. The zero-order valence-electron chi connectivity index (χ0n) is 10.7. The lowest BCUT2D eigenvalue weighted by Gasteiger charge is -2.18. The summed E-state index contributed by atoms with van der Waals surface area (Å²) in [7, 11) is 0. The molecule has 3 nitrogen and oxygen atoms in total. The van der Waals surface area contributed by atoms with E-state index in [4.69, 9.17) is 0 Å². The molecule has 0 aromatic carbocycles. The summed E-state index contributed by atoms with van der Waals surface area (Å²) in [6.45, 7) is 11.6. The zero-order valence-corrected chi connectivity index (χ0v) is 11.5. The number of carbonyl (C=O) groups is 1. The first-order valence-electron chi connectivity index (χ1n) is 5.28. The fraction of sp³-hybridized carbons (Fsp3) is 0.667. The van der Waals surface area contributed by atoms with Crippen molar-refractivity contribution >= 4 is 17.3 Å². The molecule has 0 fully saturated rings. The molecule has 0 unspecified atom stereocenters. The van der Waals surface area contributed by atoms with E-state index in [9.17, 15) is 9.90 Å². The minimum atomic E-state index is -0.856. The monoisotopic (exact) mass is 241 g/mol. The molecule has 1 aromatic rings. The number of aryl methyl sites for hydroxylation is 1. The lowest BCUT2D eigenvalue weighted by Crippen LogP contribution is -2.28. The molecule has 0 aliphatic rings. The molecule has 0 saturated carbocycles. The molecular formula is C12H19NO2S. The fourth-order valence-corrected chi connectivity index (χ4v) is 2.61. The van der Waals surface area contributed by atoms with Crippen LogP contribution in [-0.2, 0) is 15.6 Å². The Bertz CT molecular complexity index is 413. The number of thiazole rings is 1. The summed E-state index contributed by atoms with van der Waals surface area (Å²) < 4.78 is 0. The Balaban J connectivity index is 3.28. The lowest BCUT2D eigenvalue weighted by atomic mass is 9.91. The maximum atomic E-state index is 11.2. The first-order valence-corrected chi connectivity index (χ1v) is 6.10. The number of nitrogens with zero attached hydrogens (tertiary/aromatic N) is 1. The molecule has 0 radical (unpaired) electrons. The largest absolute Gasteiger partial charge is 0.481 e. The van der Waals surface area contributed by atoms with Gasteiger partial charge in [0.05, 0.1) is 16.1 Å². The number of carboxylic acids is 1. The van der Waals surface area contributed by atoms with E-state index in [0.29, 0.717) is 0 Å². The molecule has 0 amide bonds. The van der Waals surface area contributed by atoms with Crippen molar-refractivity contribution in [3.05, 3.63) is 15.6 Å². The van der Waals surface area contributed by atoms with Gasteiger partial charge in [-0.05, 0) is 20.8 Å². The minimum Gasteiger partial charge on any atom is -0.481 e. The molecular weight excluding hydrogens is 222 g/mol. The van der Waals surface area contributed by atoms with Gasteiger partial charge in [0.1, 0.15) is 0 Å². The highest BCUT2D eigenvalue weighted by Gasteiger charge is 2.35. The predicted octanol–water partition coefficient (Wildman–Crippen LogP) is 3.11. The molecule has 0 spiro atoms. The number of rotatable bonds is 2. The number of carboxylic acid groups (broad SMARTS) is 1. The van der Waals surface area contributed by atoms with Crippen LogP contribution in [0.1, 0.15) is 50.2 Å². The van der Waals surface area contributed by atoms with Crippen LogP contribution in [0.25, 0.3) is 0 Å². The van der Waals surface area contributed by atoms with Crippen molar-refractivity contribution in [2.24, 2.45) is 0 Å². The number of hydrogen-bond acceptors (Lipinski definition) is 3. The molecule has 0 bridgehead atoms. The van der Waals surface area contributed by atoms with E-state index < -0.39 is 11.4 Å². The van der Waals surface area contributed by atoms with E-state index in [1.54, 1.807) is 13.8 Å². The van der Waals surface area contributed by atoms with E-state index in [-0.39, 0.29) is 5.41 Å². The van der Waals surface area contributed by atoms with Gasteiger partial charge >= 0.3 is 5.97 Å². The minimum absolute atomic E-state index is 0.0255. The third-order valence-electron chi connectivity index (χ3n) is 2.54. The summed E-state index contributed by atoms with van der Waals surface area (Å²) in [5.41, 5.74) is -0.0460. The maximum Gasteiger partial charge on any atom is 0.314 e. The van der Waals surface area contributed by atoms with Crippen molar-refractivity contribution < 1.29 is 9.90 Å². The molecule has 1 N–H and O–H groups in total. The van der Waals surface area contributed by atoms with Crippen molar-refractivity contribution in [2.75, 3.05) is 0 Å². The summed E-state index contributed by atoms with van der Waals surface area (Å²) in [5.74, 6) is -0.806. The second-order valence-electron chi connectivity index (χ2n) is 5.61. The number of hydrogen-bond donors (Lipinski definition) is 1. The van der Waals surface area contributed by atoms with Crippen LogP contribution in [0.4, 0.5) is 0 Å². The second-order valence-corrected chi connectivity index (χ2v) is 6.61. The third-order valence-corrected chi connectivity index (χ3v) is 4.45. The van der Waals surface area contributed by atoms with Gasteiger partial charge in [-0.25, -0.2) is 4.98 Å². The van der Waals surface area contributed by atoms with Gasteiger partial charge in [-0.2, -0.15) is 0 Å². The van der Waals surface area contributed by atoms with Crippen LogP contribution in [0.5, 0.6) is 0 Å². The van der Waals surface area contributed by atoms with E-state index >= 15 is 0 Å². The van der Waals surface area contributed by atoms with Gasteiger partial charge in [-0.15, -0.1) is 11.3 Å². The molecule has 90 valence electrons. The lowest BCUT2D eigenvalue weighted by molar-refractivity contribution is -0.142. The van der Waals surface area contributed by atoms with E-state index in [1.807, 2.05) is 6.92 Å². The average molecular weight is 241 g/mol. The van der Waals surface area contributed by atoms with Crippen LogP contribution in [0.15, 0.2) is 0 Å². The first kappa shape index (κ1) is 13.2. The van der Waals surface area contributed by atoms with Gasteiger partial charge in [-0.3, -0.25) is 4.79 Å². The number of aromatic nitrogens is 1. The van der Waals surface area contributed by atoms with Crippen LogP contribution in [0.3, 0.4) is 0 Å². The van der Waals surface area contributed by atoms with Crippen molar-refractivity contribution in [1.29, 1.82) is 0 Å². The van der Waals surface area contributed by atoms with Gasteiger partial charge < -0.3 is 5.11 Å². The normalized spacial score (nSPS) is 12.9. The Kier molecular flexibility index (Phi) is 3.16. The number of aliphatic carboxylic acids is 1. The van der Waals surface area contributed by atoms with Crippen LogP contribution in [-0.4, -0.2) is 16.1 Å². The van der Waals surface area contributed by atoms with Gasteiger partial charge in [0.2, 0.25) is 0 Å². The molecule has 16 heavy (non-hydrogen) atoms. The summed E-state index contributed by atoms with van der Waals surface area (Å²) in [6.07, 6.45) is 0. The topological polar surface area (TPSA) is 50.2 Å². The highest BCUT2D eigenvalue weighted by molar-refractivity contribution is 7.12. The molecule has 4 heteroatoms. The Morgan fingerprint density at radius 2 is 1.75 bits per heavy atom. The Labute approximate surface area is 101 Å². The summed E-state index contributed by atoms with van der Waals surface area (Å²) in [5, 5.41) is 10.2. The standard InChI is InChI=1S/C12H19NO2S/c1-7-8(12(5,6)10(14)15)16-9(13-7)11(2,3)4/h1-6H3,(H,14,15). The molecule has 1 heterocycles. The SMILES string of the molecule is Cc1nc(C(C)(C)C)sc1C(C)(C)C(=O)O. The van der Waals surface area contributed by atoms with Crippen molar-refractivity contribution in [2.45, 2.75) is 52.4 Å². The Hall–Kier alpha value is -0.900. The van der Waals surface area contributed by atoms with Crippen LogP contribution in [0.2, 0.25) is 0 Å². The van der Waals surface area contributed by atoms with Crippen LogP contribution in [0, 0.1) is 6.92 Å². The zero-order chi connectivity index (χ0) is 12.7. The van der Waals surface area contributed by atoms with E-state index in [0.717, 1.165) is 15.6 Å². The quantitative estimate of drug-likeness (QED) is 0.865. The molecule has 0 aliphatic heterocycles. The first-order chi connectivity index (χ1) is 7.06. The van der Waals surface area contributed by atoms with E-state index in [1.165, 1.54) is 11.3 Å². The summed E-state index contributed by atoms with van der Waals surface area (Å²) in [4.78, 5) is 16.5. The van der Waals surface area contributed by atoms with E-state index in [2.05, 4.69) is 25.8 Å². The molecule has 0 saturated heterocycles.